The van der Waals surface area contributed by atoms with E-state index in [0.717, 1.165) is 5.56 Å². The normalized spacial score (nSPS) is 10.1. The lowest BCUT2D eigenvalue weighted by molar-refractivity contribution is -0.131. The minimum absolute atomic E-state index is 0.306. The van der Waals surface area contributed by atoms with Crippen molar-refractivity contribution in [1.29, 1.82) is 0 Å². The minimum Gasteiger partial charge on any atom is -0.495 e. The molecule has 0 aliphatic carbocycles. The number of methoxy groups -OCH3 is 1. The number of benzene rings is 2. The summed E-state index contributed by atoms with van der Waals surface area (Å²) in [7, 11) is 1.50. The van der Waals surface area contributed by atoms with Crippen molar-refractivity contribution >= 4 is 29.2 Å². The molecule has 1 N–H and O–H groups in total. The van der Waals surface area contributed by atoms with Gasteiger partial charge in [0.15, 0.2) is 0 Å². The Morgan fingerprint density at radius 2 is 1.78 bits per heavy atom. The molecule has 0 spiro atoms. The van der Waals surface area contributed by atoms with Gasteiger partial charge in [0, 0.05) is 23.6 Å². The Balaban J connectivity index is 2.19. The van der Waals surface area contributed by atoms with Gasteiger partial charge >= 0.3 is 5.97 Å². The highest BCUT2D eigenvalue weighted by atomic mass is 35.5. The first-order valence-corrected chi connectivity index (χ1v) is 7.22. The number of nitrogens with one attached hydrogen (secondary N) is 1. The van der Waals surface area contributed by atoms with Gasteiger partial charge in [0.1, 0.15) is 11.5 Å². The summed E-state index contributed by atoms with van der Waals surface area (Å²) in [5, 5.41) is 3.34. The van der Waals surface area contributed by atoms with E-state index in [0.29, 0.717) is 27.8 Å². The Hall–Kier alpha value is -2.53. The van der Waals surface area contributed by atoms with Crippen LogP contribution in [0.4, 0.5) is 5.69 Å². The summed E-state index contributed by atoms with van der Waals surface area (Å²) in [6, 6.07) is 9.65. The van der Waals surface area contributed by atoms with Crippen LogP contribution in [0, 0.1) is 6.92 Å². The molecule has 1 amide bonds. The first kappa shape index (κ1) is 16.8. The number of amides is 1. The van der Waals surface area contributed by atoms with E-state index in [1.807, 2.05) is 6.92 Å². The second-order valence-electron chi connectivity index (χ2n) is 4.87. The maximum absolute atomic E-state index is 12.3. The fourth-order valence-corrected chi connectivity index (χ4v) is 2.12. The summed E-state index contributed by atoms with van der Waals surface area (Å²) in [4.78, 5) is 23.2. The van der Waals surface area contributed by atoms with Crippen molar-refractivity contribution in [2.24, 2.45) is 0 Å². The van der Waals surface area contributed by atoms with E-state index in [-0.39, 0.29) is 5.91 Å². The average Bonchev–Trinajstić information content (AvgIpc) is 2.50. The molecule has 2 aromatic rings. The van der Waals surface area contributed by atoms with E-state index in [1.54, 1.807) is 36.4 Å². The zero-order chi connectivity index (χ0) is 17.0. The predicted molar refractivity (Wildman–Crippen MR) is 88.4 cm³/mol. The fourth-order valence-electron chi connectivity index (χ4n) is 1.96. The van der Waals surface area contributed by atoms with Crippen LogP contribution in [0.1, 0.15) is 22.8 Å². The van der Waals surface area contributed by atoms with Crippen LogP contribution in [0.3, 0.4) is 0 Å². The Morgan fingerprint density at radius 1 is 1.13 bits per heavy atom. The molecule has 0 aliphatic heterocycles. The van der Waals surface area contributed by atoms with Crippen molar-refractivity contribution in [3.63, 3.8) is 0 Å². The number of carbonyl (C=O) groups is 2. The monoisotopic (exact) mass is 333 g/mol. The lowest BCUT2D eigenvalue weighted by atomic mass is 10.1. The number of hydrogen-bond donors (Lipinski definition) is 1. The van der Waals surface area contributed by atoms with Crippen LogP contribution >= 0.6 is 11.6 Å². The first-order chi connectivity index (χ1) is 10.9. The number of rotatable bonds is 4. The summed E-state index contributed by atoms with van der Waals surface area (Å²) in [5.74, 6) is 0.141. The van der Waals surface area contributed by atoms with E-state index < -0.39 is 5.97 Å². The predicted octanol–water partition coefficient (Wildman–Crippen LogP) is 3.83. The summed E-state index contributed by atoms with van der Waals surface area (Å²) < 4.78 is 10.2. The number of hydrogen-bond acceptors (Lipinski definition) is 4. The first-order valence-electron chi connectivity index (χ1n) is 6.84. The van der Waals surface area contributed by atoms with Gasteiger partial charge in [-0.2, -0.15) is 0 Å². The lowest BCUT2D eigenvalue weighted by Crippen LogP contribution is -2.13. The molecule has 6 heteroatoms. The van der Waals surface area contributed by atoms with Crippen molar-refractivity contribution in [1.82, 2.24) is 0 Å². The third kappa shape index (κ3) is 4.23. The van der Waals surface area contributed by atoms with Gasteiger partial charge in [0.2, 0.25) is 0 Å². The van der Waals surface area contributed by atoms with Gasteiger partial charge in [-0.25, -0.2) is 0 Å². The Labute approximate surface area is 139 Å². The smallest absolute Gasteiger partial charge is 0.308 e. The van der Waals surface area contributed by atoms with Crippen molar-refractivity contribution in [3.8, 4) is 11.5 Å². The Morgan fingerprint density at radius 3 is 2.35 bits per heavy atom. The molecule has 0 unspecified atom stereocenters. The third-order valence-electron chi connectivity index (χ3n) is 3.11. The molecule has 5 nitrogen and oxygen atoms in total. The molecular formula is C17H16ClNO4. The largest absolute Gasteiger partial charge is 0.495 e. The number of halogens is 1. The number of aryl methyl sites for hydroxylation is 1. The summed E-state index contributed by atoms with van der Waals surface area (Å²) in [6.07, 6.45) is 0. The zero-order valence-corrected chi connectivity index (χ0v) is 13.7. The van der Waals surface area contributed by atoms with Crippen LogP contribution in [0.2, 0.25) is 5.02 Å². The van der Waals surface area contributed by atoms with Crippen molar-refractivity contribution in [3.05, 3.63) is 52.5 Å². The highest BCUT2D eigenvalue weighted by Crippen LogP contribution is 2.31. The highest BCUT2D eigenvalue weighted by Gasteiger charge is 2.12. The van der Waals surface area contributed by atoms with E-state index in [1.165, 1.54) is 14.0 Å². The molecule has 0 saturated heterocycles. The van der Waals surface area contributed by atoms with Gasteiger partial charge in [-0.1, -0.05) is 11.6 Å². The molecule has 0 radical (unpaired) electrons. The molecule has 2 aromatic carbocycles. The molecule has 0 aliphatic rings. The topological polar surface area (TPSA) is 64.6 Å². The maximum atomic E-state index is 12.3. The summed E-state index contributed by atoms with van der Waals surface area (Å²) >= 11 is 6.04. The van der Waals surface area contributed by atoms with Crippen molar-refractivity contribution < 1.29 is 19.1 Å². The summed E-state index contributed by atoms with van der Waals surface area (Å²) in [5.41, 5.74) is 1.78. The highest BCUT2D eigenvalue weighted by molar-refractivity contribution is 6.31. The molecule has 0 heterocycles. The van der Waals surface area contributed by atoms with Gasteiger partial charge in [-0.15, -0.1) is 0 Å². The Bertz CT molecular complexity index is 741. The Kier molecular flexibility index (Phi) is 5.24. The van der Waals surface area contributed by atoms with Gasteiger partial charge in [0.05, 0.1) is 12.8 Å². The van der Waals surface area contributed by atoms with E-state index in [2.05, 4.69) is 5.32 Å². The van der Waals surface area contributed by atoms with Crippen LogP contribution in [-0.2, 0) is 4.79 Å². The molecule has 23 heavy (non-hydrogen) atoms. The number of anilines is 1. The van der Waals surface area contributed by atoms with Crippen LogP contribution in [-0.4, -0.2) is 19.0 Å². The van der Waals surface area contributed by atoms with Crippen molar-refractivity contribution in [2.75, 3.05) is 12.4 Å². The molecule has 0 atom stereocenters. The van der Waals surface area contributed by atoms with E-state index in [9.17, 15) is 9.59 Å². The number of carbonyl (C=O) groups excluding carboxylic acids is 2. The van der Waals surface area contributed by atoms with Gasteiger partial charge < -0.3 is 14.8 Å². The minimum atomic E-state index is -0.413. The van der Waals surface area contributed by atoms with Crippen LogP contribution in [0.15, 0.2) is 36.4 Å². The number of esters is 1. The molecule has 2 rings (SSSR count). The average molecular weight is 334 g/mol. The van der Waals surface area contributed by atoms with E-state index >= 15 is 0 Å². The van der Waals surface area contributed by atoms with E-state index in [4.69, 9.17) is 21.1 Å². The zero-order valence-electron chi connectivity index (χ0n) is 13.0. The molecule has 120 valence electrons. The standard InChI is InChI=1S/C17H16ClNO4/c1-10-8-15(16(22-3)9-14(10)18)19-17(21)12-4-6-13(7-5-12)23-11(2)20/h4-9H,1-3H3,(H,19,21). The van der Waals surface area contributed by atoms with Gasteiger partial charge in [-0.05, 0) is 42.8 Å². The number of ether oxygens (including phenoxy) is 2. The molecule has 0 bridgehead atoms. The third-order valence-corrected chi connectivity index (χ3v) is 3.51. The fraction of sp³-hybridized carbons (Fsp3) is 0.176. The maximum Gasteiger partial charge on any atom is 0.308 e. The second-order valence-corrected chi connectivity index (χ2v) is 5.28. The quantitative estimate of drug-likeness (QED) is 0.682. The van der Waals surface area contributed by atoms with Crippen LogP contribution in [0.5, 0.6) is 11.5 Å². The van der Waals surface area contributed by atoms with Crippen LogP contribution < -0.4 is 14.8 Å². The molecule has 0 fully saturated rings. The van der Waals surface area contributed by atoms with Crippen molar-refractivity contribution in [2.45, 2.75) is 13.8 Å². The SMILES string of the molecule is COc1cc(Cl)c(C)cc1NC(=O)c1ccc(OC(C)=O)cc1. The molecular weight excluding hydrogens is 318 g/mol. The molecule has 0 aromatic heterocycles. The lowest BCUT2D eigenvalue weighted by Gasteiger charge is -2.12. The second kappa shape index (κ2) is 7.15. The summed E-state index contributed by atoms with van der Waals surface area (Å²) in [6.45, 7) is 3.15. The van der Waals surface area contributed by atoms with Gasteiger partial charge in [-0.3, -0.25) is 9.59 Å². The van der Waals surface area contributed by atoms with Crippen LogP contribution in [0.25, 0.3) is 0 Å². The van der Waals surface area contributed by atoms with Gasteiger partial charge in [0.25, 0.3) is 5.91 Å². The molecule has 0 saturated carbocycles.